The molecule has 4 rings (SSSR count). The minimum atomic E-state index is -1.12. The van der Waals surface area contributed by atoms with E-state index in [4.69, 9.17) is 27.6 Å². The number of oxazole rings is 1. The molecule has 32 heavy (non-hydrogen) atoms. The lowest BCUT2D eigenvalue weighted by molar-refractivity contribution is -0.157. The highest BCUT2D eigenvalue weighted by Crippen LogP contribution is 2.44. The molecule has 0 saturated carbocycles. The zero-order valence-electron chi connectivity index (χ0n) is 16.3. The summed E-state index contributed by atoms with van der Waals surface area (Å²) in [6.45, 7) is 0.0752. The second kappa shape index (κ2) is 9.76. The lowest BCUT2D eigenvalue weighted by Crippen LogP contribution is -2.74. The number of aromatic nitrogens is 1. The van der Waals surface area contributed by atoms with Gasteiger partial charge < -0.3 is 19.7 Å². The van der Waals surface area contributed by atoms with Crippen LogP contribution in [0, 0.1) is 5.41 Å². The SMILES string of the molecule is O=C(CSc1cc(Cl)ccc1Cl)NC1C(=O)N2CC(CSc3ncco3)(C(=O)O)CS[C@H]12. The number of carbonyl (C=O) groups excluding carboxylic acids is 2. The summed E-state index contributed by atoms with van der Waals surface area (Å²) in [6.07, 6.45) is 2.92. The fourth-order valence-corrected chi connectivity index (χ4v) is 7.28. The number of carboxylic acid groups (broad SMARTS) is 1. The number of amides is 2. The summed E-state index contributed by atoms with van der Waals surface area (Å²) in [6, 6.07) is 4.33. The zero-order chi connectivity index (χ0) is 22.9. The van der Waals surface area contributed by atoms with Crippen LogP contribution < -0.4 is 5.32 Å². The molecule has 0 bridgehead atoms. The van der Waals surface area contributed by atoms with Gasteiger partial charge in [-0.2, -0.15) is 0 Å². The molecule has 2 saturated heterocycles. The number of β-lactam (4-membered cyclic amide) rings is 1. The van der Waals surface area contributed by atoms with Crippen LogP contribution in [0.3, 0.4) is 0 Å². The molecule has 0 aliphatic carbocycles. The number of rotatable bonds is 8. The van der Waals surface area contributed by atoms with E-state index in [-0.39, 0.29) is 35.2 Å². The highest BCUT2D eigenvalue weighted by atomic mass is 35.5. The van der Waals surface area contributed by atoms with Crippen molar-refractivity contribution in [2.75, 3.05) is 23.8 Å². The number of thioether (sulfide) groups is 3. The van der Waals surface area contributed by atoms with E-state index in [9.17, 15) is 19.5 Å². The summed E-state index contributed by atoms with van der Waals surface area (Å²) in [5.74, 6) is -0.957. The second-order valence-corrected chi connectivity index (χ2v) is 11.1. The Morgan fingerprint density at radius 3 is 2.91 bits per heavy atom. The number of halogens is 2. The fraction of sp³-hybridized carbons (Fsp3) is 0.368. The van der Waals surface area contributed by atoms with Gasteiger partial charge >= 0.3 is 5.97 Å². The first kappa shape index (κ1) is 23.6. The van der Waals surface area contributed by atoms with Gasteiger partial charge in [-0.05, 0) is 18.2 Å². The van der Waals surface area contributed by atoms with E-state index in [1.54, 1.807) is 18.2 Å². The van der Waals surface area contributed by atoms with Crippen LogP contribution in [0.2, 0.25) is 10.0 Å². The second-order valence-electron chi connectivity index (χ2n) is 7.25. The Balaban J connectivity index is 1.32. The molecule has 13 heteroatoms. The molecule has 170 valence electrons. The third kappa shape index (κ3) is 4.86. The average molecular weight is 534 g/mol. The number of carboxylic acids is 1. The predicted molar refractivity (Wildman–Crippen MR) is 124 cm³/mol. The van der Waals surface area contributed by atoms with E-state index in [2.05, 4.69) is 10.3 Å². The van der Waals surface area contributed by atoms with Crippen LogP contribution in [0.4, 0.5) is 0 Å². The number of nitrogens with one attached hydrogen (secondary N) is 1. The summed E-state index contributed by atoms with van der Waals surface area (Å²) in [5.41, 5.74) is -1.12. The molecule has 2 aromatic rings. The highest BCUT2D eigenvalue weighted by molar-refractivity contribution is 8.00. The number of benzene rings is 1. The van der Waals surface area contributed by atoms with Crippen LogP contribution in [-0.2, 0) is 14.4 Å². The molecule has 8 nitrogen and oxygen atoms in total. The normalized spacial score (nSPS) is 24.6. The third-order valence-corrected chi connectivity index (χ3v) is 9.51. The highest BCUT2D eigenvalue weighted by Gasteiger charge is 2.57. The average Bonchev–Trinajstić information content (AvgIpc) is 3.30. The van der Waals surface area contributed by atoms with Gasteiger partial charge in [0, 0.05) is 28.0 Å². The molecular weight excluding hydrogens is 517 g/mol. The van der Waals surface area contributed by atoms with Crippen molar-refractivity contribution in [2.24, 2.45) is 5.41 Å². The molecule has 2 unspecified atom stereocenters. The van der Waals surface area contributed by atoms with Crippen molar-refractivity contribution in [2.45, 2.75) is 21.5 Å². The topological polar surface area (TPSA) is 113 Å². The molecular formula is C19H17Cl2N3O5S3. The first-order chi connectivity index (χ1) is 15.3. The van der Waals surface area contributed by atoms with E-state index >= 15 is 0 Å². The van der Waals surface area contributed by atoms with Gasteiger partial charge in [0.05, 0.1) is 17.0 Å². The van der Waals surface area contributed by atoms with Crippen molar-refractivity contribution < 1.29 is 23.9 Å². The molecule has 2 aliphatic heterocycles. The van der Waals surface area contributed by atoms with Gasteiger partial charge in [0.25, 0.3) is 5.22 Å². The van der Waals surface area contributed by atoms with E-state index in [1.807, 2.05) is 0 Å². The maximum atomic E-state index is 12.7. The third-order valence-electron chi connectivity index (χ3n) is 5.05. The Morgan fingerprint density at radius 1 is 1.38 bits per heavy atom. The number of carbonyl (C=O) groups is 3. The van der Waals surface area contributed by atoms with Gasteiger partial charge in [0.2, 0.25) is 11.8 Å². The monoisotopic (exact) mass is 533 g/mol. The van der Waals surface area contributed by atoms with Gasteiger partial charge in [-0.1, -0.05) is 35.0 Å². The van der Waals surface area contributed by atoms with Crippen LogP contribution in [0.5, 0.6) is 0 Å². The molecule has 1 aromatic carbocycles. The van der Waals surface area contributed by atoms with Crippen molar-refractivity contribution in [3.63, 3.8) is 0 Å². The molecule has 0 radical (unpaired) electrons. The minimum absolute atomic E-state index is 0.0752. The summed E-state index contributed by atoms with van der Waals surface area (Å²) in [5, 5.41) is 13.7. The van der Waals surface area contributed by atoms with Crippen molar-refractivity contribution >= 4 is 76.3 Å². The van der Waals surface area contributed by atoms with E-state index in [0.717, 1.165) is 0 Å². The molecule has 1 aromatic heterocycles. The van der Waals surface area contributed by atoms with Gasteiger partial charge in [0.15, 0.2) is 0 Å². The lowest BCUT2D eigenvalue weighted by atomic mass is 9.89. The number of hydrogen-bond donors (Lipinski definition) is 2. The number of nitrogens with zero attached hydrogens (tertiary/aromatic N) is 2. The van der Waals surface area contributed by atoms with E-state index < -0.39 is 17.4 Å². The van der Waals surface area contributed by atoms with Gasteiger partial charge in [-0.3, -0.25) is 14.4 Å². The number of fused-ring (bicyclic) bond motifs is 1. The maximum absolute atomic E-state index is 12.7. The summed E-state index contributed by atoms with van der Waals surface area (Å²) < 4.78 is 5.17. The van der Waals surface area contributed by atoms with Gasteiger partial charge in [0.1, 0.15) is 23.1 Å². The first-order valence-electron chi connectivity index (χ1n) is 9.34. The van der Waals surface area contributed by atoms with Gasteiger partial charge in [-0.15, -0.1) is 23.5 Å². The Morgan fingerprint density at radius 2 is 2.19 bits per heavy atom. The Kier molecular flexibility index (Phi) is 7.21. The van der Waals surface area contributed by atoms with E-state index in [0.29, 0.717) is 25.9 Å². The summed E-state index contributed by atoms with van der Waals surface area (Å²) in [7, 11) is 0. The van der Waals surface area contributed by atoms with Crippen LogP contribution in [0.15, 0.2) is 45.2 Å². The Bertz CT molecular complexity index is 1040. The molecule has 2 N–H and O–H groups in total. The van der Waals surface area contributed by atoms with Crippen molar-refractivity contribution in [3.8, 4) is 0 Å². The van der Waals surface area contributed by atoms with Crippen LogP contribution >= 0.6 is 58.5 Å². The molecule has 2 fully saturated rings. The zero-order valence-corrected chi connectivity index (χ0v) is 20.3. The minimum Gasteiger partial charge on any atom is -0.481 e. The number of aliphatic carboxylic acids is 1. The van der Waals surface area contributed by atoms with Crippen LogP contribution in [0.1, 0.15) is 0 Å². The lowest BCUT2D eigenvalue weighted by Gasteiger charge is -2.53. The summed E-state index contributed by atoms with van der Waals surface area (Å²) >= 11 is 15.9. The first-order valence-corrected chi connectivity index (χ1v) is 13.1. The van der Waals surface area contributed by atoms with E-state index in [1.165, 1.54) is 52.6 Å². The van der Waals surface area contributed by atoms with Crippen LogP contribution in [-0.4, -0.2) is 68.0 Å². The van der Waals surface area contributed by atoms with Crippen LogP contribution in [0.25, 0.3) is 0 Å². The van der Waals surface area contributed by atoms with Crippen molar-refractivity contribution in [3.05, 3.63) is 40.7 Å². The molecule has 3 heterocycles. The molecule has 2 aliphatic rings. The Hall–Kier alpha value is -1.53. The maximum Gasteiger partial charge on any atom is 0.313 e. The molecule has 3 atom stereocenters. The smallest absolute Gasteiger partial charge is 0.313 e. The quantitative estimate of drug-likeness (QED) is 0.389. The van der Waals surface area contributed by atoms with Crippen molar-refractivity contribution in [1.29, 1.82) is 0 Å². The largest absolute Gasteiger partial charge is 0.481 e. The van der Waals surface area contributed by atoms with Gasteiger partial charge in [-0.25, -0.2) is 4.98 Å². The molecule has 0 spiro atoms. The molecule has 2 amide bonds. The Labute approximate surface area is 206 Å². The fourth-order valence-electron chi connectivity index (χ4n) is 3.33. The predicted octanol–water partition coefficient (Wildman–Crippen LogP) is 3.34. The summed E-state index contributed by atoms with van der Waals surface area (Å²) in [4.78, 5) is 43.3. The van der Waals surface area contributed by atoms with Crippen molar-refractivity contribution in [1.82, 2.24) is 15.2 Å². The number of hydrogen-bond acceptors (Lipinski definition) is 8. The standard InChI is InChI=1S/C19H17Cl2N3O5S3/c20-10-1-2-11(21)12(5-10)30-6-13(25)23-14-15(26)24-7-19(17(27)28,8-31-16(14)24)9-32-18-22-3-4-29-18/h1-5,14,16H,6-9H2,(H,23,25)(H,27,28)/t14?,16-,19?/m1/s1.